The van der Waals surface area contributed by atoms with Gasteiger partial charge in [0.1, 0.15) is 0 Å². The van der Waals surface area contributed by atoms with Gasteiger partial charge in [-0.2, -0.15) is 0 Å². The summed E-state index contributed by atoms with van der Waals surface area (Å²) in [7, 11) is 0. The summed E-state index contributed by atoms with van der Waals surface area (Å²) in [5, 5.41) is 8.16. The van der Waals surface area contributed by atoms with Gasteiger partial charge < -0.3 is 0 Å². The van der Waals surface area contributed by atoms with Crippen LogP contribution in [0.1, 0.15) is 11.1 Å². The summed E-state index contributed by atoms with van der Waals surface area (Å²) < 4.78 is 0. The van der Waals surface area contributed by atoms with Crippen molar-refractivity contribution in [2.24, 2.45) is 0 Å². The molecule has 11 aromatic rings. The van der Waals surface area contributed by atoms with Crippen LogP contribution in [0.4, 0.5) is 0 Å². The monoisotopic (exact) mass is 766 g/mol. The Bertz CT molecular complexity index is 3440. The number of hydrogen-bond donors (Lipinski definition) is 0. The Morgan fingerprint density at radius 2 is 0.917 bits per heavy atom. The molecular weight excluding hydrogens is 729 g/mol. The van der Waals surface area contributed by atoms with Gasteiger partial charge in [-0.1, -0.05) is 163 Å². The number of nitrogens with zero attached hydrogens (tertiary/aromatic N) is 4. The van der Waals surface area contributed by atoms with Crippen molar-refractivity contribution in [1.82, 2.24) is 19.9 Å². The summed E-state index contributed by atoms with van der Waals surface area (Å²) in [6.07, 6.45) is 1.99. The molecule has 0 saturated heterocycles. The molecule has 0 bridgehead atoms. The first-order valence-corrected chi connectivity index (χ1v) is 20.4. The molecule has 4 nitrogen and oxygen atoms in total. The Morgan fingerprint density at radius 3 is 1.73 bits per heavy atom. The normalized spacial score (nSPS) is 11.5. The maximum absolute atomic E-state index is 5.30. The standard InChI is InChI=1S/C56H38N4/c1-35-25-36(2)27-42(26-35)46-28-41-24-23-39(33-53(41)57-34-46)43-29-44(52-32-40-16-7-9-19-48(40)49-20-10-11-21-50(49)52)31-45(30-43)55-58-54(38-14-4-3-5-15-38)59-56(60-55)51-22-12-17-37-13-6-8-18-47(37)51/h3-34H,1-2H3. The van der Waals surface area contributed by atoms with Crippen LogP contribution in [-0.2, 0) is 0 Å². The molecular formula is C56H38N4. The Hall–Kier alpha value is -7.82. The molecule has 2 heterocycles. The second-order valence-electron chi connectivity index (χ2n) is 15.7. The van der Waals surface area contributed by atoms with E-state index < -0.39 is 0 Å². The van der Waals surface area contributed by atoms with E-state index in [-0.39, 0.29) is 0 Å². The summed E-state index contributed by atoms with van der Waals surface area (Å²) in [5.41, 5.74) is 12.9. The molecule has 4 heteroatoms. The number of hydrogen-bond acceptors (Lipinski definition) is 4. The van der Waals surface area contributed by atoms with E-state index in [4.69, 9.17) is 19.9 Å². The van der Waals surface area contributed by atoms with Gasteiger partial charge in [0.25, 0.3) is 0 Å². The molecule has 11 rings (SSSR count). The molecule has 0 atom stereocenters. The highest BCUT2D eigenvalue weighted by Gasteiger charge is 2.18. The van der Waals surface area contributed by atoms with Gasteiger partial charge in [0, 0.05) is 33.8 Å². The average molecular weight is 767 g/mol. The van der Waals surface area contributed by atoms with Crippen molar-refractivity contribution >= 4 is 43.2 Å². The lowest BCUT2D eigenvalue weighted by Crippen LogP contribution is -2.01. The predicted octanol–water partition coefficient (Wildman–Crippen LogP) is 14.5. The maximum Gasteiger partial charge on any atom is 0.164 e. The third kappa shape index (κ3) is 6.45. The van der Waals surface area contributed by atoms with E-state index in [1.165, 1.54) is 38.2 Å². The molecule has 0 radical (unpaired) electrons. The summed E-state index contributed by atoms with van der Waals surface area (Å²) >= 11 is 0. The molecule has 0 saturated carbocycles. The lowest BCUT2D eigenvalue weighted by atomic mass is 9.90. The minimum atomic E-state index is 0.608. The van der Waals surface area contributed by atoms with Crippen LogP contribution in [0.25, 0.3) is 111 Å². The fourth-order valence-electron chi connectivity index (χ4n) is 8.73. The highest BCUT2D eigenvalue weighted by molar-refractivity contribution is 6.14. The predicted molar refractivity (Wildman–Crippen MR) is 250 cm³/mol. The summed E-state index contributed by atoms with van der Waals surface area (Å²) in [6.45, 7) is 4.29. The molecule has 0 spiro atoms. The second kappa shape index (κ2) is 14.5. The Morgan fingerprint density at radius 1 is 0.300 bits per heavy atom. The van der Waals surface area contributed by atoms with Gasteiger partial charge in [0.05, 0.1) is 5.52 Å². The minimum absolute atomic E-state index is 0.608. The molecule has 0 amide bonds. The third-order valence-corrected chi connectivity index (χ3v) is 11.5. The fraction of sp³-hybridized carbons (Fsp3) is 0.0357. The van der Waals surface area contributed by atoms with Crippen molar-refractivity contribution < 1.29 is 0 Å². The average Bonchev–Trinajstić information content (AvgIpc) is 3.30. The van der Waals surface area contributed by atoms with E-state index >= 15 is 0 Å². The SMILES string of the molecule is Cc1cc(C)cc(-c2cnc3cc(-c4cc(-c5nc(-c6ccccc6)nc(-c6cccc7ccccc67)n5)cc(-c5cc6ccccc6c6ccccc56)c4)ccc3c2)c1. The zero-order valence-electron chi connectivity index (χ0n) is 33.3. The molecule has 0 unspecified atom stereocenters. The number of rotatable bonds is 6. The van der Waals surface area contributed by atoms with Crippen molar-refractivity contribution in [2.75, 3.05) is 0 Å². The van der Waals surface area contributed by atoms with Gasteiger partial charge >= 0.3 is 0 Å². The molecule has 0 aliphatic carbocycles. The fourth-order valence-corrected chi connectivity index (χ4v) is 8.73. The van der Waals surface area contributed by atoms with Crippen molar-refractivity contribution in [2.45, 2.75) is 13.8 Å². The third-order valence-electron chi connectivity index (χ3n) is 11.5. The van der Waals surface area contributed by atoms with Crippen molar-refractivity contribution in [1.29, 1.82) is 0 Å². The van der Waals surface area contributed by atoms with Gasteiger partial charge in [-0.3, -0.25) is 4.98 Å². The number of aromatic nitrogens is 4. The quantitative estimate of drug-likeness (QED) is 0.158. The highest BCUT2D eigenvalue weighted by atomic mass is 15.0. The lowest BCUT2D eigenvalue weighted by molar-refractivity contribution is 1.08. The van der Waals surface area contributed by atoms with E-state index in [1.807, 2.05) is 24.4 Å². The van der Waals surface area contributed by atoms with Crippen molar-refractivity contribution in [3.63, 3.8) is 0 Å². The van der Waals surface area contributed by atoms with Gasteiger partial charge in [0.15, 0.2) is 17.5 Å². The first kappa shape index (κ1) is 35.4. The van der Waals surface area contributed by atoms with E-state index in [9.17, 15) is 0 Å². The number of fused-ring (bicyclic) bond motifs is 5. The highest BCUT2D eigenvalue weighted by Crippen LogP contribution is 2.40. The number of pyridine rings is 1. The summed E-state index contributed by atoms with van der Waals surface area (Å²) in [6, 6.07) is 66.8. The number of aryl methyl sites for hydroxylation is 2. The van der Waals surface area contributed by atoms with Gasteiger partial charge in [-0.25, -0.2) is 15.0 Å². The van der Waals surface area contributed by atoms with Crippen LogP contribution in [0.15, 0.2) is 194 Å². The van der Waals surface area contributed by atoms with Gasteiger partial charge in [-0.15, -0.1) is 0 Å². The van der Waals surface area contributed by atoms with Gasteiger partial charge in [-0.05, 0) is 110 Å². The summed E-state index contributed by atoms with van der Waals surface area (Å²) in [4.78, 5) is 20.7. The molecule has 9 aromatic carbocycles. The lowest BCUT2D eigenvalue weighted by Gasteiger charge is -2.15. The van der Waals surface area contributed by atoms with Crippen LogP contribution < -0.4 is 0 Å². The molecule has 0 aliphatic rings. The maximum atomic E-state index is 5.30. The summed E-state index contributed by atoms with van der Waals surface area (Å²) in [5.74, 6) is 1.87. The Balaban J connectivity index is 1.14. The van der Waals surface area contributed by atoms with Crippen LogP contribution in [0.3, 0.4) is 0 Å². The molecule has 0 aliphatic heterocycles. The van der Waals surface area contributed by atoms with E-state index in [0.29, 0.717) is 17.5 Å². The van der Waals surface area contributed by atoms with Crippen LogP contribution in [0.5, 0.6) is 0 Å². The zero-order chi connectivity index (χ0) is 40.2. The van der Waals surface area contributed by atoms with Gasteiger partial charge in [0.2, 0.25) is 0 Å². The van der Waals surface area contributed by atoms with Crippen LogP contribution in [0.2, 0.25) is 0 Å². The van der Waals surface area contributed by atoms with Crippen LogP contribution in [-0.4, -0.2) is 19.9 Å². The largest absolute Gasteiger partial charge is 0.256 e. The molecule has 0 fully saturated rings. The molecule has 0 N–H and O–H groups in total. The van der Waals surface area contributed by atoms with E-state index in [2.05, 4.69) is 184 Å². The smallest absolute Gasteiger partial charge is 0.164 e. The second-order valence-corrected chi connectivity index (χ2v) is 15.7. The zero-order valence-corrected chi connectivity index (χ0v) is 33.3. The first-order valence-electron chi connectivity index (χ1n) is 20.4. The topological polar surface area (TPSA) is 51.6 Å². The van der Waals surface area contributed by atoms with Crippen LogP contribution in [0, 0.1) is 13.8 Å². The Labute approximate surface area is 348 Å². The van der Waals surface area contributed by atoms with E-state index in [1.54, 1.807) is 0 Å². The Kier molecular flexibility index (Phi) is 8.56. The first-order chi connectivity index (χ1) is 29.5. The molecule has 282 valence electrons. The molecule has 60 heavy (non-hydrogen) atoms. The van der Waals surface area contributed by atoms with Crippen molar-refractivity contribution in [3.8, 4) is 67.5 Å². The molecule has 2 aromatic heterocycles. The van der Waals surface area contributed by atoms with Crippen molar-refractivity contribution in [3.05, 3.63) is 205 Å². The number of benzene rings is 9. The van der Waals surface area contributed by atoms with Crippen LogP contribution >= 0.6 is 0 Å². The van der Waals surface area contributed by atoms with E-state index in [0.717, 1.165) is 66.2 Å². The minimum Gasteiger partial charge on any atom is -0.256 e.